The molecule has 3 rings (SSSR count). The van der Waals surface area contributed by atoms with Gasteiger partial charge in [0.1, 0.15) is 5.75 Å². The first-order valence-corrected chi connectivity index (χ1v) is 10.8. The zero-order chi connectivity index (χ0) is 19.1. The molecule has 1 saturated heterocycles. The van der Waals surface area contributed by atoms with Gasteiger partial charge in [0.2, 0.25) is 11.8 Å². The fraction of sp³-hybridized carbons (Fsp3) is 0.500. The molecule has 1 aromatic heterocycles. The molecular weight excluding hydrogens is 368 g/mol. The fourth-order valence-corrected chi connectivity index (χ4v) is 4.20. The van der Waals surface area contributed by atoms with Crippen molar-refractivity contribution in [3.8, 4) is 0 Å². The second-order valence-corrected chi connectivity index (χ2v) is 8.56. The van der Waals surface area contributed by atoms with Crippen LogP contribution in [0.2, 0.25) is 0 Å². The van der Waals surface area contributed by atoms with Crippen LogP contribution >= 0.6 is 0 Å². The zero-order valence-electron chi connectivity index (χ0n) is 15.1. The summed E-state index contributed by atoms with van der Waals surface area (Å²) in [6.07, 6.45) is 2.97. The SMILES string of the molecule is O=C(CCc1nc(CS(=O)(=O)c2ccccc2)no1)NCCN1CCCC1. The summed E-state index contributed by atoms with van der Waals surface area (Å²) < 4.78 is 29.7. The van der Waals surface area contributed by atoms with Crippen molar-refractivity contribution in [2.45, 2.75) is 36.3 Å². The molecule has 8 nitrogen and oxygen atoms in total. The molecule has 0 spiro atoms. The maximum atomic E-state index is 12.3. The van der Waals surface area contributed by atoms with Gasteiger partial charge in [-0.15, -0.1) is 0 Å². The number of carbonyl (C=O) groups excluding carboxylic acids is 1. The summed E-state index contributed by atoms with van der Waals surface area (Å²) in [4.78, 5) is 18.5. The van der Waals surface area contributed by atoms with Crippen LogP contribution < -0.4 is 5.32 Å². The molecule has 146 valence electrons. The molecule has 2 heterocycles. The fourth-order valence-electron chi connectivity index (χ4n) is 3.00. The average molecular weight is 392 g/mol. The molecular formula is C18H24N4O4S. The van der Waals surface area contributed by atoms with E-state index in [1.54, 1.807) is 18.2 Å². The number of likely N-dealkylation sites (tertiary alicyclic amines) is 1. The molecule has 0 unspecified atom stereocenters. The summed E-state index contributed by atoms with van der Waals surface area (Å²) in [5.41, 5.74) is 0. The molecule has 2 aromatic rings. The summed E-state index contributed by atoms with van der Waals surface area (Å²) in [6, 6.07) is 8.14. The van der Waals surface area contributed by atoms with Gasteiger partial charge in [0.15, 0.2) is 15.7 Å². The lowest BCUT2D eigenvalue weighted by Gasteiger charge is -2.14. The highest BCUT2D eigenvalue weighted by Crippen LogP contribution is 2.14. The number of rotatable bonds is 9. The highest BCUT2D eigenvalue weighted by Gasteiger charge is 2.19. The lowest BCUT2D eigenvalue weighted by Crippen LogP contribution is -2.33. The van der Waals surface area contributed by atoms with E-state index >= 15 is 0 Å². The van der Waals surface area contributed by atoms with E-state index in [9.17, 15) is 13.2 Å². The van der Waals surface area contributed by atoms with E-state index in [-0.39, 0.29) is 41.1 Å². The number of amides is 1. The van der Waals surface area contributed by atoms with E-state index in [0.717, 1.165) is 19.6 Å². The smallest absolute Gasteiger partial charge is 0.227 e. The third-order valence-corrected chi connectivity index (χ3v) is 6.08. The highest BCUT2D eigenvalue weighted by molar-refractivity contribution is 7.90. The monoisotopic (exact) mass is 392 g/mol. The van der Waals surface area contributed by atoms with Gasteiger partial charge in [-0.2, -0.15) is 4.98 Å². The van der Waals surface area contributed by atoms with Crippen molar-refractivity contribution >= 4 is 15.7 Å². The molecule has 1 aromatic carbocycles. The van der Waals surface area contributed by atoms with Gasteiger partial charge in [0.05, 0.1) is 4.90 Å². The van der Waals surface area contributed by atoms with E-state index in [1.807, 2.05) is 0 Å². The molecule has 0 aliphatic carbocycles. The minimum Gasteiger partial charge on any atom is -0.355 e. The number of nitrogens with zero attached hydrogens (tertiary/aromatic N) is 3. The van der Waals surface area contributed by atoms with Crippen molar-refractivity contribution in [1.29, 1.82) is 0 Å². The van der Waals surface area contributed by atoms with Gasteiger partial charge in [0, 0.05) is 25.9 Å². The lowest BCUT2D eigenvalue weighted by atomic mass is 10.3. The van der Waals surface area contributed by atoms with Crippen molar-refractivity contribution in [2.24, 2.45) is 0 Å². The van der Waals surface area contributed by atoms with E-state index in [2.05, 4.69) is 20.4 Å². The largest absolute Gasteiger partial charge is 0.355 e. The topological polar surface area (TPSA) is 105 Å². The van der Waals surface area contributed by atoms with Crippen molar-refractivity contribution in [3.63, 3.8) is 0 Å². The van der Waals surface area contributed by atoms with Crippen LogP contribution in [0.3, 0.4) is 0 Å². The van der Waals surface area contributed by atoms with Crippen molar-refractivity contribution in [3.05, 3.63) is 42.0 Å². The van der Waals surface area contributed by atoms with Crippen LogP contribution in [-0.2, 0) is 26.8 Å². The Bertz CT molecular complexity index is 845. The standard InChI is InChI=1S/C18H24N4O4S/c23-17(19-10-13-22-11-4-5-12-22)8-9-18-20-16(21-26-18)14-27(24,25)15-6-2-1-3-7-15/h1-3,6-7H,4-5,8-14H2,(H,19,23). The predicted octanol–water partition coefficient (Wildman–Crippen LogP) is 1.19. The van der Waals surface area contributed by atoms with Gasteiger partial charge in [-0.1, -0.05) is 23.4 Å². The molecule has 27 heavy (non-hydrogen) atoms. The molecule has 1 N–H and O–H groups in total. The number of carbonyl (C=O) groups is 1. The van der Waals surface area contributed by atoms with Crippen LogP contribution in [0.5, 0.6) is 0 Å². The van der Waals surface area contributed by atoms with E-state index in [1.165, 1.54) is 25.0 Å². The van der Waals surface area contributed by atoms with Crippen LogP contribution in [-0.4, -0.2) is 55.5 Å². The number of sulfone groups is 1. The Kier molecular flexibility index (Phi) is 6.57. The van der Waals surface area contributed by atoms with Crippen molar-refractivity contribution < 1.29 is 17.7 Å². The van der Waals surface area contributed by atoms with Crippen LogP contribution in [0.1, 0.15) is 31.0 Å². The number of aromatic nitrogens is 2. The van der Waals surface area contributed by atoms with Gasteiger partial charge >= 0.3 is 0 Å². The lowest BCUT2D eigenvalue weighted by molar-refractivity contribution is -0.121. The van der Waals surface area contributed by atoms with E-state index in [4.69, 9.17) is 4.52 Å². The summed E-state index contributed by atoms with van der Waals surface area (Å²) in [7, 11) is -3.52. The second-order valence-electron chi connectivity index (χ2n) is 6.58. The van der Waals surface area contributed by atoms with Gasteiger partial charge in [-0.25, -0.2) is 8.42 Å². The van der Waals surface area contributed by atoms with Crippen LogP contribution in [0, 0.1) is 0 Å². The Morgan fingerprint density at radius 1 is 1.19 bits per heavy atom. The third kappa shape index (κ3) is 5.86. The molecule has 1 aliphatic heterocycles. The number of nitrogens with one attached hydrogen (secondary N) is 1. The molecule has 1 fully saturated rings. The molecule has 0 atom stereocenters. The second kappa shape index (κ2) is 9.09. The minimum absolute atomic E-state index is 0.0779. The van der Waals surface area contributed by atoms with Crippen molar-refractivity contribution in [2.75, 3.05) is 26.2 Å². The molecule has 1 amide bonds. The van der Waals surface area contributed by atoms with Crippen LogP contribution in [0.15, 0.2) is 39.8 Å². The first kappa shape index (κ1) is 19.5. The zero-order valence-corrected chi connectivity index (χ0v) is 16.0. The third-order valence-electron chi connectivity index (χ3n) is 4.45. The number of hydrogen-bond donors (Lipinski definition) is 1. The molecule has 0 radical (unpaired) electrons. The Hall–Kier alpha value is -2.26. The maximum Gasteiger partial charge on any atom is 0.227 e. The first-order valence-electron chi connectivity index (χ1n) is 9.11. The molecule has 0 saturated carbocycles. The highest BCUT2D eigenvalue weighted by atomic mass is 32.2. The molecule has 0 bridgehead atoms. The van der Waals surface area contributed by atoms with E-state index in [0.29, 0.717) is 6.54 Å². The summed E-state index contributed by atoms with van der Waals surface area (Å²) in [5.74, 6) is -0.0418. The molecule has 1 aliphatic rings. The van der Waals surface area contributed by atoms with Crippen molar-refractivity contribution in [1.82, 2.24) is 20.4 Å². The van der Waals surface area contributed by atoms with E-state index < -0.39 is 9.84 Å². The quantitative estimate of drug-likeness (QED) is 0.683. The number of hydrogen-bond acceptors (Lipinski definition) is 7. The first-order chi connectivity index (χ1) is 13.0. The Morgan fingerprint density at radius 3 is 2.67 bits per heavy atom. The number of aryl methyl sites for hydroxylation is 1. The Balaban J connectivity index is 1.43. The Morgan fingerprint density at radius 2 is 1.93 bits per heavy atom. The van der Waals surface area contributed by atoms with Crippen LogP contribution in [0.4, 0.5) is 0 Å². The minimum atomic E-state index is -3.52. The van der Waals surface area contributed by atoms with Crippen LogP contribution in [0.25, 0.3) is 0 Å². The normalized spacial score (nSPS) is 15.1. The summed E-state index contributed by atoms with van der Waals surface area (Å²) in [5, 5.41) is 6.60. The predicted molar refractivity (Wildman–Crippen MR) is 98.6 cm³/mol. The van der Waals surface area contributed by atoms with Gasteiger partial charge in [-0.3, -0.25) is 4.79 Å². The number of benzene rings is 1. The average Bonchev–Trinajstić information content (AvgIpc) is 3.32. The van der Waals surface area contributed by atoms with Gasteiger partial charge < -0.3 is 14.7 Å². The summed E-state index contributed by atoms with van der Waals surface area (Å²) >= 11 is 0. The summed E-state index contributed by atoms with van der Waals surface area (Å²) in [6.45, 7) is 3.70. The Labute approximate surface area is 158 Å². The van der Waals surface area contributed by atoms with Gasteiger partial charge in [-0.05, 0) is 38.1 Å². The molecule has 9 heteroatoms. The van der Waals surface area contributed by atoms with Gasteiger partial charge in [0.25, 0.3) is 0 Å². The maximum absolute atomic E-state index is 12.3.